The summed E-state index contributed by atoms with van der Waals surface area (Å²) in [5, 5.41) is 0. The molecule has 0 atom stereocenters. The van der Waals surface area contributed by atoms with Crippen LogP contribution in [0.2, 0.25) is 0 Å². The third kappa shape index (κ3) is 3.35. The summed E-state index contributed by atoms with van der Waals surface area (Å²) in [5.41, 5.74) is 11.6. The van der Waals surface area contributed by atoms with E-state index in [2.05, 4.69) is 121 Å². The van der Waals surface area contributed by atoms with Gasteiger partial charge in [-0.1, -0.05) is 121 Å². The van der Waals surface area contributed by atoms with Gasteiger partial charge < -0.3 is 0 Å². The highest BCUT2D eigenvalue weighted by atomic mass is 14.5. The zero-order valence-corrected chi connectivity index (χ0v) is 17.4. The maximum absolute atomic E-state index is 2.26. The van der Waals surface area contributed by atoms with E-state index in [4.69, 9.17) is 0 Å². The summed E-state index contributed by atoms with van der Waals surface area (Å²) >= 11 is 0. The molecule has 0 saturated carbocycles. The van der Waals surface area contributed by atoms with Crippen molar-refractivity contribution in [1.29, 1.82) is 0 Å². The second kappa shape index (κ2) is 7.56. The lowest BCUT2D eigenvalue weighted by molar-refractivity contribution is 0.760. The summed E-state index contributed by atoms with van der Waals surface area (Å²) in [6.45, 7) is 0. The van der Waals surface area contributed by atoms with Crippen LogP contribution in [0.1, 0.15) is 28.7 Å². The number of hydrogen-bond donors (Lipinski definition) is 0. The predicted molar refractivity (Wildman–Crippen MR) is 131 cm³/mol. The average Bonchev–Trinajstić information content (AvgIpc) is 3.76. The first kappa shape index (κ1) is 18.2. The van der Waals surface area contributed by atoms with E-state index in [0.29, 0.717) is 11.8 Å². The van der Waals surface area contributed by atoms with Gasteiger partial charge in [0.1, 0.15) is 0 Å². The van der Waals surface area contributed by atoms with Crippen LogP contribution in [0.4, 0.5) is 0 Å². The molecule has 0 N–H and O–H groups in total. The van der Waals surface area contributed by atoms with Crippen LogP contribution in [0.25, 0.3) is 22.3 Å². The molecule has 0 aromatic heterocycles. The zero-order valence-electron chi connectivity index (χ0n) is 17.4. The van der Waals surface area contributed by atoms with Crippen molar-refractivity contribution in [3.63, 3.8) is 0 Å². The highest BCUT2D eigenvalue weighted by molar-refractivity contribution is 6.14. The molecular formula is C31H24. The first-order valence-electron chi connectivity index (χ1n) is 11.1. The lowest BCUT2D eigenvalue weighted by atomic mass is 9.98. The molecular weight excluding hydrogens is 372 g/mol. The number of hydrogen-bond acceptors (Lipinski definition) is 0. The average molecular weight is 397 g/mol. The van der Waals surface area contributed by atoms with Gasteiger partial charge in [-0.15, -0.1) is 0 Å². The van der Waals surface area contributed by atoms with E-state index < -0.39 is 0 Å². The molecule has 148 valence electrons. The minimum Gasteiger partial charge on any atom is -0.0622 e. The molecule has 4 aromatic rings. The maximum atomic E-state index is 2.26. The van der Waals surface area contributed by atoms with Crippen molar-refractivity contribution in [1.82, 2.24) is 0 Å². The van der Waals surface area contributed by atoms with Crippen LogP contribution in [0.15, 0.2) is 121 Å². The second-order valence-electron chi connectivity index (χ2n) is 8.46. The van der Waals surface area contributed by atoms with Crippen molar-refractivity contribution in [2.45, 2.75) is 6.42 Å². The molecule has 0 unspecified atom stereocenters. The summed E-state index contributed by atoms with van der Waals surface area (Å²) in [6.07, 6.45) is 1.16. The predicted octanol–water partition coefficient (Wildman–Crippen LogP) is 7.86. The smallest absolute Gasteiger partial charge is 0.0117 e. The Kier molecular flexibility index (Phi) is 4.43. The van der Waals surface area contributed by atoms with E-state index in [1.165, 1.54) is 44.5 Å². The highest BCUT2D eigenvalue weighted by Gasteiger charge is 2.46. The van der Waals surface area contributed by atoms with Crippen molar-refractivity contribution in [3.8, 4) is 0 Å². The quantitative estimate of drug-likeness (QED) is 0.311. The van der Waals surface area contributed by atoms with Crippen LogP contribution in [0.5, 0.6) is 0 Å². The molecule has 0 amide bonds. The lowest BCUT2D eigenvalue weighted by Crippen LogP contribution is -1.92. The van der Waals surface area contributed by atoms with E-state index in [1.807, 2.05) is 0 Å². The Labute approximate surface area is 184 Å². The standard InChI is InChI=1S/C31H24/c1-5-13-22(14-6-1)28-26(29(28)23-15-7-2-8-16-23)21-27-30(24-17-9-3-10-18-24)31(27)25-19-11-4-12-20-25/h1-20,26-27H,21H2. The van der Waals surface area contributed by atoms with Crippen molar-refractivity contribution >= 4 is 22.3 Å². The summed E-state index contributed by atoms with van der Waals surface area (Å²) < 4.78 is 0. The normalized spacial score (nSPS) is 16.0. The van der Waals surface area contributed by atoms with Gasteiger partial charge in [-0.25, -0.2) is 0 Å². The zero-order chi connectivity index (χ0) is 20.6. The maximum Gasteiger partial charge on any atom is 0.0117 e. The first-order valence-corrected chi connectivity index (χ1v) is 11.1. The summed E-state index contributed by atoms with van der Waals surface area (Å²) in [5.74, 6) is 1.05. The molecule has 6 rings (SSSR count). The van der Waals surface area contributed by atoms with Crippen molar-refractivity contribution in [2.75, 3.05) is 0 Å². The minimum atomic E-state index is 0.523. The molecule has 0 aliphatic heterocycles. The molecule has 0 nitrogen and oxygen atoms in total. The highest BCUT2D eigenvalue weighted by Crippen LogP contribution is 2.63. The second-order valence-corrected chi connectivity index (χ2v) is 8.46. The van der Waals surface area contributed by atoms with Crippen LogP contribution in [0, 0.1) is 11.8 Å². The van der Waals surface area contributed by atoms with Gasteiger partial charge in [0.05, 0.1) is 0 Å². The van der Waals surface area contributed by atoms with E-state index in [1.54, 1.807) is 0 Å². The van der Waals surface area contributed by atoms with Gasteiger partial charge in [-0.3, -0.25) is 0 Å². The van der Waals surface area contributed by atoms with E-state index in [0.717, 1.165) is 6.42 Å². The molecule has 0 saturated heterocycles. The van der Waals surface area contributed by atoms with Gasteiger partial charge in [-0.2, -0.15) is 0 Å². The Morgan fingerprint density at radius 2 is 0.548 bits per heavy atom. The summed E-state index contributed by atoms with van der Waals surface area (Å²) in [7, 11) is 0. The minimum absolute atomic E-state index is 0.523. The molecule has 0 spiro atoms. The number of benzene rings is 4. The summed E-state index contributed by atoms with van der Waals surface area (Å²) in [4.78, 5) is 0. The third-order valence-electron chi connectivity index (χ3n) is 6.62. The Bertz CT molecular complexity index is 1060. The van der Waals surface area contributed by atoms with Crippen molar-refractivity contribution in [3.05, 3.63) is 144 Å². The Balaban J connectivity index is 1.33. The van der Waals surface area contributed by atoms with Gasteiger partial charge in [0.25, 0.3) is 0 Å². The fraction of sp³-hybridized carbons (Fsp3) is 0.0968. The number of rotatable bonds is 6. The molecule has 0 heteroatoms. The van der Waals surface area contributed by atoms with E-state index in [-0.39, 0.29) is 0 Å². The molecule has 0 radical (unpaired) electrons. The van der Waals surface area contributed by atoms with Crippen molar-refractivity contribution in [2.24, 2.45) is 11.8 Å². The molecule has 2 aliphatic carbocycles. The Morgan fingerprint density at radius 1 is 0.323 bits per heavy atom. The van der Waals surface area contributed by atoms with Crippen LogP contribution in [-0.4, -0.2) is 0 Å². The molecule has 4 aromatic carbocycles. The van der Waals surface area contributed by atoms with E-state index in [9.17, 15) is 0 Å². The topological polar surface area (TPSA) is 0 Å². The lowest BCUT2D eigenvalue weighted by Gasteiger charge is -2.05. The van der Waals surface area contributed by atoms with Gasteiger partial charge in [0.15, 0.2) is 0 Å². The molecule has 31 heavy (non-hydrogen) atoms. The van der Waals surface area contributed by atoms with Crippen LogP contribution in [0.3, 0.4) is 0 Å². The first-order chi connectivity index (χ1) is 15.4. The van der Waals surface area contributed by atoms with Crippen molar-refractivity contribution < 1.29 is 0 Å². The van der Waals surface area contributed by atoms with Gasteiger partial charge in [-0.05, 0) is 51.0 Å². The van der Waals surface area contributed by atoms with Gasteiger partial charge in [0.2, 0.25) is 0 Å². The molecule has 2 aliphatic rings. The molecule has 0 heterocycles. The Hall–Kier alpha value is -3.64. The Morgan fingerprint density at radius 3 is 0.774 bits per heavy atom. The van der Waals surface area contributed by atoms with Crippen LogP contribution >= 0.6 is 0 Å². The largest absolute Gasteiger partial charge is 0.0622 e. The van der Waals surface area contributed by atoms with Crippen LogP contribution in [-0.2, 0) is 0 Å². The third-order valence-corrected chi connectivity index (χ3v) is 6.62. The van der Waals surface area contributed by atoms with Gasteiger partial charge in [0, 0.05) is 11.8 Å². The molecule has 0 fully saturated rings. The monoisotopic (exact) mass is 396 g/mol. The van der Waals surface area contributed by atoms with E-state index >= 15 is 0 Å². The number of allylic oxidation sites excluding steroid dienone is 4. The summed E-state index contributed by atoms with van der Waals surface area (Å²) in [6, 6.07) is 43.7. The molecule has 0 bridgehead atoms. The van der Waals surface area contributed by atoms with Crippen LogP contribution < -0.4 is 0 Å². The fourth-order valence-corrected chi connectivity index (χ4v) is 5.14. The SMILES string of the molecule is c1ccc(C2=C(c3ccccc3)C2CC2C(c3ccccc3)=C2c2ccccc2)cc1. The van der Waals surface area contributed by atoms with Gasteiger partial charge >= 0.3 is 0 Å². The fourth-order valence-electron chi connectivity index (χ4n) is 5.14.